The zero-order valence-electron chi connectivity index (χ0n) is 17.0. The third-order valence-corrected chi connectivity index (χ3v) is 5.24. The largest absolute Gasteiger partial charge is 0.489 e. The molecule has 7 nitrogen and oxygen atoms in total. The van der Waals surface area contributed by atoms with E-state index in [2.05, 4.69) is 22.5 Å². The van der Waals surface area contributed by atoms with Gasteiger partial charge in [0.15, 0.2) is 0 Å². The first-order valence-electron chi connectivity index (χ1n) is 9.91. The monoisotopic (exact) mass is 404 g/mol. The van der Waals surface area contributed by atoms with Gasteiger partial charge in [-0.3, -0.25) is 14.3 Å². The number of nitrogens with one attached hydrogen (secondary N) is 1. The molecule has 3 aromatic rings. The lowest BCUT2D eigenvalue weighted by molar-refractivity contribution is -0.120. The third-order valence-electron chi connectivity index (χ3n) is 5.24. The van der Waals surface area contributed by atoms with E-state index in [0.29, 0.717) is 18.0 Å². The Bertz CT molecular complexity index is 1060. The molecule has 4 rings (SSSR count). The van der Waals surface area contributed by atoms with Crippen LogP contribution in [0, 0.1) is 6.92 Å². The van der Waals surface area contributed by atoms with E-state index in [-0.39, 0.29) is 18.2 Å². The van der Waals surface area contributed by atoms with Gasteiger partial charge in [0, 0.05) is 19.3 Å². The molecule has 1 aliphatic heterocycles. The maximum Gasteiger partial charge on any atom is 0.272 e. The number of para-hydroxylation sites is 2. The van der Waals surface area contributed by atoms with Gasteiger partial charge in [-0.2, -0.15) is 5.10 Å². The molecule has 2 aromatic carbocycles. The number of hydrogen-bond donors (Lipinski definition) is 1. The molecule has 0 radical (unpaired) electrons. The normalized spacial score (nSPS) is 15.9. The summed E-state index contributed by atoms with van der Waals surface area (Å²) in [4.78, 5) is 27.1. The second-order valence-electron chi connectivity index (χ2n) is 7.33. The van der Waals surface area contributed by atoms with Crippen LogP contribution in [0.2, 0.25) is 0 Å². The SMILES string of the molecule is Cc1cc(C(=O)N[C@H]2COc3ccccc3N(C)C2=O)nn1CCc1ccccc1. The molecular weight excluding hydrogens is 380 g/mol. The predicted octanol–water partition coefficient (Wildman–Crippen LogP) is 2.59. The average Bonchev–Trinajstić information content (AvgIpc) is 3.10. The van der Waals surface area contributed by atoms with Gasteiger partial charge in [-0.1, -0.05) is 42.5 Å². The molecule has 0 spiro atoms. The van der Waals surface area contributed by atoms with Crippen LogP contribution in [0.15, 0.2) is 60.7 Å². The molecule has 0 saturated heterocycles. The highest BCUT2D eigenvalue weighted by Crippen LogP contribution is 2.29. The quantitative estimate of drug-likeness (QED) is 0.709. The van der Waals surface area contributed by atoms with Gasteiger partial charge in [-0.15, -0.1) is 0 Å². The number of nitrogens with zero attached hydrogens (tertiary/aromatic N) is 3. The molecule has 30 heavy (non-hydrogen) atoms. The summed E-state index contributed by atoms with van der Waals surface area (Å²) in [5, 5.41) is 7.21. The molecular formula is C23H24N4O3. The summed E-state index contributed by atoms with van der Waals surface area (Å²) in [7, 11) is 1.68. The van der Waals surface area contributed by atoms with Gasteiger partial charge in [-0.05, 0) is 37.1 Å². The number of carbonyl (C=O) groups excluding carboxylic acids is 2. The Morgan fingerprint density at radius 2 is 1.90 bits per heavy atom. The lowest BCUT2D eigenvalue weighted by Gasteiger charge is -2.20. The van der Waals surface area contributed by atoms with Crippen LogP contribution in [0.25, 0.3) is 0 Å². The fourth-order valence-corrected chi connectivity index (χ4v) is 3.52. The first-order chi connectivity index (χ1) is 14.5. The molecule has 7 heteroatoms. The van der Waals surface area contributed by atoms with E-state index < -0.39 is 11.9 Å². The maximum absolute atomic E-state index is 12.8. The standard InChI is InChI=1S/C23H24N4O3/c1-16-14-18(25-27(16)13-12-17-8-4-3-5-9-17)22(28)24-19-15-30-21-11-7-6-10-20(21)26(2)23(19)29/h3-11,14,19H,12-13,15H2,1-2H3,(H,24,28)/t19-/m0/s1. The van der Waals surface area contributed by atoms with Crippen LogP contribution in [0.3, 0.4) is 0 Å². The average molecular weight is 404 g/mol. The topological polar surface area (TPSA) is 76.5 Å². The number of aromatic nitrogens is 2. The van der Waals surface area contributed by atoms with Crippen molar-refractivity contribution in [2.45, 2.75) is 25.9 Å². The van der Waals surface area contributed by atoms with Gasteiger partial charge in [0.2, 0.25) is 0 Å². The predicted molar refractivity (Wildman–Crippen MR) is 114 cm³/mol. The maximum atomic E-state index is 12.8. The van der Waals surface area contributed by atoms with Gasteiger partial charge in [0.1, 0.15) is 24.1 Å². The van der Waals surface area contributed by atoms with Crippen LogP contribution >= 0.6 is 0 Å². The number of carbonyl (C=O) groups is 2. The molecule has 0 aliphatic carbocycles. The minimum atomic E-state index is -0.787. The minimum Gasteiger partial charge on any atom is -0.489 e. The number of hydrogen-bond acceptors (Lipinski definition) is 4. The van der Waals surface area contributed by atoms with Crippen LogP contribution in [-0.4, -0.2) is 41.3 Å². The van der Waals surface area contributed by atoms with E-state index in [1.165, 1.54) is 10.5 Å². The molecule has 1 aromatic heterocycles. The molecule has 2 amide bonds. The Hall–Kier alpha value is -3.61. The number of likely N-dealkylation sites (N-methyl/N-ethyl adjacent to an activating group) is 1. The summed E-state index contributed by atoms with van der Waals surface area (Å²) in [5.41, 5.74) is 3.07. The van der Waals surface area contributed by atoms with Gasteiger partial charge >= 0.3 is 0 Å². The summed E-state index contributed by atoms with van der Waals surface area (Å²) in [6.07, 6.45) is 0.822. The summed E-state index contributed by atoms with van der Waals surface area (Å²) in [5.74, 6) is -0.00228. The second-order valence-corrected chi connectivity index (χ2v) is 7.33. The van der Waals surface area contributed by atoms with Crippen LogP contribution < -0.4 is 15.0 Å². The Balaban J connectivity index is 1.43. The first kappa shape index (κ1) is 19.7. The van der Waals surface area contributed by atoms with Crippen LogP contribution in [-0.2, 0) is 17.8 Å². The van der Waals surface area contributed by atoms with E-state index in [1.807, 2.05) is 48.0 Å². The molecule has 1 atom stereocenters. The van der Waals surface area contributed by atoms with Crippen molar-refractivity contribution in [2.75, 3.05) is 18.6 Å². The van der Waals surface area contributed by atoms with Crippen LogP contribution in [0.4, 0.5) is 5.69 Å². The molecule has 0 bridgehead atoms. The highest BCUT2D eigenvalue weighted by molar-refractivity contribution is 6.02. The lowest BCUT2D eigenvalue weighted by atomic mass is 10.1. The van der Waals surface area contributed by atoms with Crippen LogP contribution in [0.1, 0.15) is 21.7 Å². The Morgan fingerprint density at radius 1 is 1.17 bits per heavy atom. The second kappa shape index (κ2) is 8.41. The van der Waals surface area contributed by atoms with Crippen molar-refractivity contribution in [2.24, 2.45) is 0 Å². The van der Waals surface area contributed by atoms with E-state index in [4.69, 9.17) is 4.74 Å². The highest BCUT2D eigenvalue weighted by atomic mass is 16.5. The number of rotatable bonds is 5. The van der Waals surface area contributed by atoms with Crippen molar-refractivity contribution in [3.05, 3.63) is 77.6 Å². The molecule has 0 fully saturated rings. The van der Waals surface area contributed by atoms with Crippen molar-refractivity contribution < 1.29 is 14.3 Å². The van der Waals surface area contributed by atoms with Crippen molar-refractivity contribution >= 4 is 17.5 Å². The smallest absolute Gasteiger partial charge is 0.272 e. The Kier molecular flexibility index (Phi) is 5.52. The summed E-state index contributed by atoms with van der Waals surface area (Å²) < 4.78 is 7.57. The fraction of sp³-hybridized carbons (Fsp3) is 0.261. The minimum absolute atomic E-state index is 0.0691. The van der Waals surface area contributed by atoms with Gasteiger partial charge < -0.3 is 15.0 Å². The van der Waals surface area contributed by atoms with E-state index >= 15 is 0 Å². The zero-order chi connectivity index (χ0) is 21.1. The highest BCUT2D eigenvalue weighted by Gasteiger charge is 2.31. The van der Waals surface area contributed by atoms with E-state index in [9.17, 15) is 9.59 Å². The summed E-state index contributed by atoms with van der Waals surface area (Å²) >= 11 is 0. The molecule has 154 valence electrons. The first-order valence-corrected chi connectivity index (χ1v) is 9.91. The van der Waals surface area contributed by atoms with Crippen molar-refractivity contribution in [1.29, 1.82) is 0 Å². The number of fused-ring (bicyclic) bond motifs is 1. The number of amides is 2. The van der Waals surface area contributed by atoms with Gasteiger partial charge in [0.25, 0.3) is 11.8 Å². The van der Waals surface area contributed by atoms with Crippen molar-refractivity contribution in [1.82, 2.24) is 15.1 Å². The van der Waals surface area contributed by atoms with Crippen LogP contribution in [0.5, 0.6) is 5.75 Å². The lowest BCUT2D eigenvalue weighted by Crippen LogP contribution is -2.49. The molecule has 0 saturated carbocycles. The van der Waals surface area contributed by atoms with Crippen molar-refractivity contribution in [3.63, 3.8) is 0 Å². The third kappa shape index (κ3) is 4.05. The zero-order valence-corrected chi connectivity index (χ0v) is 17.0. The number of benzene rings is 2. The fourth-order valence-electron chi connectivity index (χ4n) is 3.52. The number of aryl methyl sites for hydroxylation is 3. The van der Waals surface area contributed by atoms with Gasteiger partial charge in [0.05, 0.1) is 5.69 Å². The molecule has 2 heterocycles. The molecule has 0 unspecified atom stereocenters. The number of ether oxygens (including phenoxy) is 1. The van der Waals surface area contributed by atoms with Gasteiger partial charge in [-0.25, -0.2) is 0 Å². The molecule has 1 N–H and O–H groups in total. The summed E-state index contributed by atoms with van der Waals surface area (Å²) in [6.45, 7) is 2.66. The molecule has 1 aliphatic rings. The van der Waals surface area contributed by atoms with E-state index in [0.717, 1.165) is 12.1 Å². The Labute approximate surface area is 175 Å². The Morgan fingerprint density at radius 3 is 2.70 bits per heavy atom. The van der Waals surface area contributed by atoms with E-state index in [1.54, 1.807) is 19.2 Å². The summed E-state index contributed by atoms with van der Waals surface area (Å²) in [6, 6.07) is 18.4. The van der Waals surface area contributed by atoms with Crippen molar-refractivity contribution in [3.8, 4) is 5.75 Å². The number of anilines is 1.